The van der Waals surface area contributed by atoms with Crippen molar-refractivity contribution >= 4 is 24.8 Å². The third-order valence-corrected chi connectivity index (χ3v) is 4.20. The van der Waals surface area contributed by atoms with Crippen LogP contribution in [0.15, 0.2) is 18.2 Å². The van der Waals surface area contributed by atoms with Gasteiger partial charge < -0.3 is 10.4 Å². The normalized spacial score (nSPS) is 20.2. The maximum Gasteiger partial charge on any atom is 0.165 e. The van der Waals surface area contributed by atoms with Gasteiger partial charge in [-0.1, -0.05) is 18.9 Å². The van der Waals surface area contributed by atoms with Gasteiger partial charge in [0.25, 0.3) is 0 Å². The van der Waals surface area contributed by atoms with Gasteiger partial charge in [-0.3, -0.25) is 4.90 Å². The van der Waals surface area contributed by atoms with Gasteiger partial charge in [0.2, 0.25) is 0 Å². The molecule has 1 heterocycles. The van der Waals surface area contributed by atoms with Crippen molar-refractivity contribution in [3.63, 3.8) is 0 Å². The SMILES string of the molecule is Cl.Cl.Oc1ccc([C@@H](CC2CC2)N2CCNCC2)cc1F. The van der Waals surface area contributed by atoms with Crippen LogP contribution < -0.4 is 5.32 Å². The number of phenolic OH excluding ortho intramolecular Hbond substituents is 1. The highest BCUT2D eigenvalue weighted by atomic mass is 35.5. The van der Waals surface area contributed by atoms with Gasteiger partial charge in [0.15, 0.2) is 11.6 Å². The second-order valence-corrected chi connectivity index (χ2v) is 5.69. The van der Waals surface area contributed by atoms with Crippen LogP contribution in [0.3, 0.4) is 0 Å². The van der Waals surface area contributed by atoms with Crippen molar-refractivity contribution in [2.24, 2.45) is 5.92 Å². The van der Waals surface area contributed by atoms with E-state index in [2.05, 4.69) is 10.2 Å². The van der Waals surface area contributed by atoms with Gasteiger partial charge in [0.1, 0.15) is 0 Å². The smallest absolute Gasteiger partial charge is 0.165 e. The summed E-state index contributed by atoms with van der Waals surface area (Å²) in [7, 11) is 0. The van der Waals surface area contributed by atoms with Crippen molar-refractivity contribution in [1.82, 2.24) is 10.2 Å². The predicted octanol–water partition coefficient (Wildman–Crippen LogP) is 3.12. The number of piperazine rings is 1. The number of aromatic hydroxyl groups is 1. The topological polar surface area (TPSA) is 35.5 Å². The first kappa shape index (κ1) is 18.5. The van der Waals surface area contributed by atoms with Gasteiger partial charge in [0.05, 0.1) is 0 Å². The van der Waals surface area contributed by atoms with E-state index in [9.17, 15) is 9.50 Å². The number of phenols is 1. The molecule has 2 fully saturated rings. The van der Waals surface area contributed by atoms with Crippen molar-refractivity contribution in [2.45, 2.75) is 25.3 Å². The summed E-state index contributed by atoms with van der Waals surface area (Å²) in [4.78, 5) is 2.45. The number of hydrogen-bond acceptors (Lipinski definition) is 3. The number of halogens is 3. The number of hydrogen-bond donors (Lipinski definition) is 2. The molecule has 0 spiro atoms. The zero-order valence-electron chi connectivity index (χ0n) is 11.9. The van der Waals surface area contributed by atoms with Gasteiger partial charge in [-0.2, -0.15) is 0 Å². The van der Waals surface area contributed by atoms with E-state index in [0.717, 1.165) is 44.1 Å². The molecule has 0 unspecified atom stereocenters. The van der Waals surface area contributed by atoms with Crippen molar-refractivity contribution in [3.05, 3.63) is 29.6 Å². The van der Waals surface area contributed by atoms with Crippen LogP contribution in [0.2, 0.25) is 0 Å². The highest BCUT2D eigenvalue weighted by Gasteiger charge is 2.30. The van der Waals surface area contributed by atoms with Crippen molar-refractivity contribution in [2.75, 3.05) is 26.2 Å². The summed E-state index contributed by atoms with van der Waals surface area (Å²) >= 11 is 0. The second kappa shape index (κ2) is 8.18. The lowest BCUT2D eigenvalue weighted by Gasteiger charge is -2.35. The summed E-state index contributed by atoms with van der Waals surface area (Å²) < 4.78 is 13.6. The lowest BCUT2D eigenvalue weighted by Crippen LogP contribution is -2.45. The quantitative estimate of drug-likeness (QED) is 0.886. The molecule has 6 heteroatoms. The largest absolute Gasteiger partial charge is 0.505 e. The van der Waals surface area contributed by atoms with Gasteiger partial charge in [-0.25, -0.2) is 4.39 Å². The summed E-state index contributed by atoms with van der Waals surface area (Å²) in [6.07, 6.45) is 3.73. The van der Waals surface area contributed by atoms with E-state index < -0.39 is 5.82 Å². The van der Waals surface area contributed by atoms with Crippen LogP contribution >= 0.6 is 24.8 Å². The summed E-state index contributed by atoms with van der Waals surface area (Å²) in [6.45, 7) is 4.03. The highest BCUT2D eigenvalue weighted by molar-refractivity contribution is 5.85. The van der Waals surface area contributed by atoms with E-state index in [1.54, 1.807) is 0 Å². The highest BCUT2D eigenvalue weighted by Crippen LogP contribution is 2.40. The van der Waals surface area contributed by atoms with Gasteiger partial charge in [0, 0.05) is 32.2 Å². The fraction of sp³-hybridized carbons (Fsp3) is 0.600. The molecule has 3 nitrogen and oxygen atoms in total. The Kier molecular flexibility index (Phi) is 7.21. The van der Waals surface area contributed by atoms with Crippen LogP contribution in [0.25, 0.3) is 0 Å². The van der Waals surface area contributed by atoms with Crippen molar-refractivity contribution < 1.29 is 9.50 Å². The minimum absolute atomic E-state index is 0. The summed E-state index contributed by atoms with van der Waals surface area (Å²) in [6, 6.07) is 5.15. The molecule has 3 rings (SSSR count). The number of benzene rings is 1. The van der Waals surface area contributed by atoms with Crippen LogP contribution in [0.1, 0.15) is 30.9 Å². The van der Waals surface area contributed by atoms with E-state index in [-0.39, 0.29) is 30.6 Å². The Morgan fingerprint density at radius 2 is 1.90 bits per heavy atom. The predicted molar refractivity (Wildman–Crippen MR) is 87.1 cm³/mol. The molecule has 2 aliphatic rings. The monoisotopic (exact) mass is 336 g/mol. The maximum atomic E-state index is 13.6. The molecule has 0 bridgehead atoms. The first-order valence-electron chi connectivity index (χ1n) is 7.17. The molecular weight excluding hydrogens is 314 g/mol. The summed E-state index contributed by atoms with van der Waals surface area (Å²) in [5.41, 5.74) is 1.00. The molecule has 0 radical (unpaired) electrons. The van der Waals surface area contributed by atoms with Crippen LogP contribution in [0, 0.1) is 11.7 Å². The molecule has 1 atom stereocenters. The van der Waals surface area contributed by atoms with Crippen molar-refractivity contribution in [1.29, 1.82) is 0 Å². The van der Waals surface area contributed by atoms with E-state index >= 15 is 0 Å². The van der Waals surface area contributed by atoms with E-state index in [1.807, 2.05) is 6.07 Å². The minimum atomic E-state index is -0.506. The van der Waals surface area contributed by atoms with Crippen LogP contribution in [0.4, 0.5) is 4.39 Å². The fourth-order valence-corrected chi connectivity index (χ4v) is 2.89. The molecule has 2 N–H and O–H groups in total. The molecule has 21 heavy (non-hydrogen) atoms. The zero-order chi connectivity index (χ0) is 13.2. The Bertz CT molecular complexity index is 451. The lowest BCUT2D eigenvalue weighted by molar-refractivity contribution is 0.160. The maximum absolute atomic E-state index is 13.6. The Labute approximate surface area is 137 Å². The van der Waals surface area contributed by atoms with E-state index in [1.165, 1.54) is 25.0 Å². The molecule has 120 valence electrons. The molecule has 0 aromatic heterocycles. The molecule has 1 aliphatic carbocycles. The average Bonchev–Trinajstić information content (AvgIpc) is 3.24. The standard InChI is InChI=1S/C15H21FN2O.2ClH/c16-13-10-12(3-4-15(13)19)14(9-11-1-2-11)18-7-5-17-6-8-18;;/h3-4,10-11,14,17,19H,1-2,5-9H2;2*1H/t14-;;/m1../s1. The summed E-state index contributed by atoms with van der Waals surface area (Å²) in [5.74, 6) is 0.0411. The van der Waals surface area contributed by atoms with Crippen LogP contribution in [-0.4, -0.2) is 36.2 Å². The van der Waals surface area contributed by atoms with E-state index in [4.69, 9.17) is 0 Å². The van der Waals surface area contributed by atoms with Crippen molar-refractivity contribution in [3.8, 4) is 5.75 Å². The zero-order valence-corrected chi connectivity index (χ0v) is 13.6. The molecule has 1 saturated heterocycles. The lowest BCUT2D eigenvalue weighted by atomic mass is 9.98. The minimum Gasteiger partial charge on any atom is -0.505 e. The fourth-order valence-electron chi connectivity index (χ4n) is 2.89. The Morgan fingerprint density at radius 3 is 2.48 bits per heavy atom. The van der Waals surface area contributed by atoms with Gasteiger partial charge >= 0.3 is 0 Å². The van der Waals surface area contributed by atoms with Gasteiger partial charge in [-0.15, -0.1) is 24.8 Å². The van der Waals surface area contributed by atoms with Crippen LogP contribution in [0.5, 0.6) is 5.75 Å². The van der Waals surface area contributed by atoms with Gasteiger partial charge in [-0.05, 0) is 30.0 Å². The third-order valence-electron chi connectivity index (χ3n) is 4.20. The van der Waals surface area contributed by atoms with Crippen LogP contribution in [-0.2, 0) is 0 Å². The average molecular weight is 337 g/mol. The summed E-state index contributed by atoms with van der Waals surface area (Å²) in [5, 5.41) is 12.7. The number of rotatable bonds is 4. The third kappa shape index (κ3) is 4.71. The Morgan fingerprint density at radius 1 is 1.24 bits per heavy atom. The first-order chi connectivity index (χ1) is 9.24. The number of nitrogens with zero attached hydrogens (tertiary/aromatic N) is 1. The Balaban J connectivity index is 0.00000110. The Hall–Kier alpha value is -0.550. The molecule has 1 aromatic rings. The first-order valence-corrected chi connectivity index (χ1v) is 7.17. The molecular formula is C15H23Cl2FN2O. The number of nitrogens with one attached hydrogen (secondary N) is 1. The van der Waals surface area contributed by atoms with E-state index in [0.29, 0.717) is 6.04 Å². The molecule has 0 amide bonds. The molecule has 1 aliphatic heterocycles. The second-order valence-electron chi connectivity index (χ2n) is 5.69. The molecule has 1 saturated carbocycles. The molecule has 1 aromatic carbocycles.